The Bertz CT molecular complexity index is 626. The fourth-order valence-electron chi connectivity index (χ4n) is 2.84. The number of nitrogens with one attached hydrogen (secondary N) is 1. The van der Waals surface area contributed by atoms with Crippen molar-refractivity contribution < 1.29 is 9.21 Å². The molecular weight excluding hydrogens is 280 g/mol. The lowest BCUT2D eigenvalue weighted by atomic mass is 10.2. The zero-order chi connectivity index (χ0) is 15.4. The number of likely N-dealkylation sites (N-methyl/N-ethyl adjacent to an activating group) is 1. The average Bonchev–Trinajstić information content (AvgIpc) is 3.22. The summed E-state index contributed by atoms with van der Waals surface area (Å²) >= 11 is 0. The van der Waals surface area contributed by atoms with E-state index >= 15 is 0 Å². The van der Waals surface area contributed by atoms with Crippen LogP contribution in [0.2, 0.25) is 0 Å². The highest BCUT2D eigenvalue weighted by molar-refractivity contribution is 5.89. The summed E-state index contributed by atoms with van der Waals surface area (Å²) < 4.78 is 5.45. The lowest BCUT2D eigenvalue weighted by Crippen LogP contribution is -2.40. The second-order valence-electron chi connectivity index (χ2n) is 5.41. The lowest BCUT2D eigenvalue weighted by Gasteiger charge is -2.22. The van der Waals surface area contributed by atoms with Gasteiger partial charge in [-0.1, -0.05) is 25.1 Å². The van der Waals surface area contributed by atoms with Crippen molar-refractivity contribution >= 4 is 5.91 Å². The molecule has 0 unspecified atom stereocenters. The van der Waals surface area contributed by atoms with Crippen LogP contribution < -0.4 is 5.32 Å². The Morgan fingerprint density at radius 1 is 1.36 bits per heavy atom. The SMILES string of the molecule is CCN1CCC[C@@H]1CNC(=O)c1nnc(-c2ccccc2)o1. The summed E-state index contributed by atoms with van der Waals surface area (Å²) in [6.07, 6.45) is 2.31. The molecule has 2 aromatic rings. The lowest BCUT2D eigenvalue weighted by molar-refractivity contribution is 0.0907. The summed E-state index contributed by atoms with van der Waals surface area (Å²) in [5.74, 6) is 0.0688. The number of aromatic nitrogens is 2. The molecule has 0 aliphatic carbocycles. The van der Waals surface area contributed by atoms with Gasteiger partial charge in [-0.15, -0.1) is 10.2 Å². The topological polar surface area (TPSA) is 71.3 Å². The zero-order valence-electron chi connectivity index (χ0n) is 12.7. The highest BCUT2D eigenvalue weighted by atomic mass is 16.4. The fraction of sp³-hybridized carbons (Fsp3) is 0.438. The maximum Gasteiger partial charge on any atom is 0.308 e. The van der Waals surface area contributed by atoms with E-state index in [0.717, 1.165) is 25.1 Å². The van der Waals surface area contributed by atoms with Crippen molar-refractivity contribution in [2.75, 3.05) is 19.6 Å². The maximum atomic E-state index is 12.1. The molecule has 1 fully saturated rings. The average molecular weight is 300 g/mol. The van der Waals surface area contributed by atoms with E-state index in [1.54, 1.807) is 0 Å². The Morgan fingerprint density at radius 3 is 2.95 bits per heavy atom. The molecule has 3 rings (SSSR count). The normalized spacial score (nSPS) is 18.5. The largest absolute Gasteiger partial charge is 0.412 e. The molecule has 1 aromatic carbocycles. The van der Waals surface area contributed by atoms with E-state index in [9.17, 15) is 4.79 Å². The van der Waals surface area contributed by atoms with Gasteiger partial charge in [-0.05, 0) is 38.1 Å². The molecule has 1 aliphatic heterocycles. The molecular formula is C16H20N4O2. The standard InChI is InChI=1S/C16H20N4O2/c1-2-20-10-6-9-13(20)11-17-14(21)16-19-18-15(22-16)12-7-4-3-5-8-12/h3-5,7-8,13H,2,6,9-11H2,1H3,(H,17,21)/t13-/m1/s1. The molecule has 1 saturated heterocycles. The number of rotatable bonds is 5. The number of carbonyl (C=O) groups is 1. The summed E-state index contributed by atoms with van der Waals surface area (Å²) in [5.41, 5.74) is 0.807. The van der Waals surface area contributed by atoms with E-state index in [2.05, 4.69) is 27.3 Å². The van der Waals surface area contributed by atoms with Gasteiger partial charge in [0, 0.05) is 18.2 Å². The van der Waals surface area contributed by atoms with Crippen molar-refractivity contribution in [3.8, 4) is 11.5 Å². The van der Waals surface area contributed by atoms with Gasteiger partial charge in [0.2, 0.25) is 5.89 Å². The van der Waals surface area contributed by atoms with Crippen LogP contribution >= 0.6 is 0 Å². The van der Waals surface area contributed by atoms with Crippen molar-refractivity contribution in [3.05, 3.63) is 36.2 Å². The molecule has 6 nitrogen and oxygen atoms in total. The van der Waals surface area contributed by atoms with Gasteiger partial charge < -0.3 is 9.73 Å². The van der Waals surface area contributed by atoms with Crippen LogP contribution in [0, 0.1) is 0 Å². The second-order valence-corrected chi connectivity index (χ2v) is 5.41. The number of carbonyl (C=O) groups excluding carboxylic acids is 1. The minimum absolute atomic E-state index is 0.0138. The third kappa shape index (κ3) is 3.17. The van der Waals surface area contributed by atoms with Crippen LogP contribution in [0.1, 0.15) is 30.5 Å². The molecule has 0 spiro atoms. The molecule has 1 N–H and O–H groups in total. The summed E-state index contributed by atoms with van der Waals surface area (Å²) in [5, 5.41) is 10.7. The van der Waals surface area contributed by atoms with Gasteiger partial charge in [0.25, 0.3) is 0 Å². The molecule has 116 valence electrons. The first kappa shape index (κ1) is 14.7. The molecule has 6 heteroatoms. The molecule has 0 saturated carbocycles. The Hall–Kier alpha value is -2.21. The number of amides is 1. The van der Waals surface area contributed by atoms with Crippen LogP contribution in [0.15, 0.2) is 34.7 Å². The highest BCUT2D eigenvalue weighted by Gasteiger charge is 2.24. The third-order valence-corrected chi connectivity index (χ3v) is 4.04. The summed E-state index contributed by atoms with van der Waals surface area (Å²) in [7, 11) is 0. The zero-order valence-corrected chi connectivity index (χ0v) is 12.7. The van der Waals surface area contributed by atoms with Gasteiger partial charge in [0.05, 0.1) is 0 Å². The molecule has 22 heavy (non-hydrogen) atoms. The Kier molecular flexibility index (Phi) is 4.48. The van der Waals surface area contributed by atoms with Crippen LogP contribution in [0.5, 0.6) is 0 Å². The number of hydrogen-bond acceptors (Lipinski definition) is 5. The Morgan fingerprint density at radius 2 is 2.18 bits per heavy atom. The van der Waals surface area contributed by atoms with Crippen molar-refractivity contribution in [1.82, 2.24) is 20.4 Å². The molecule has 2 heterocycles. The van der Waals surface area contributed by atoms with E-state index in [-0.39, 0.29) is 11.8 Å². The summed E-state index contributed by atoms with van der Waals surface area (Å²) in [6, 6.07) is 9.83. The van der Waals surface area contributed by atoms with Crippen LogP contribution in [-0.4, -0.2) is 46.7 Å². The van der Waals surface area contributed by atoms with E-state index in [1.807, 2.05) is 30.3 Å². The Balaban J connectivity index is 1.60. The van der Waals surface area contributed by atoms with Gasteiger partial charge in [-0.3, -0.25) is 9.69 Å². The number of benzene rings is 1. The third-order valence-electron chi connectivity index (χ3n) is 4.04. The van der Waals surface area contributed by atoms with Crippen molar-refractivity contribution in [3.63, 3.8) is 0 Å². The van der Waals surface area contributed by atoms with Crippen molar-refractivity contribution in [2.45, 2.75) is 25.8 Å². The van der Waals surface area contributed by atoms with Crippen LogP contribution in [0.25, 0.3) is 11.5 Å². The first-order valence-corrected chi connectivity index (χ1v) is 7.69. The van der Waals surface area contributed by atoms with Crippen molar-refractivity contribution in [1.29, 1.82) is 0 Å². The van der Waals surface area contributed by atoms with Gasteiger partial charge in [0.15, 0.2) is 0 Å². The first-order chi connectivity index (χ1) is 10.8. The van der Waals surface area contributed by atoms with Gasteiger partial charge in [-0.25, -0.2) is 0 Å². The van der Waals surface area contributed by atoms with Gasteiger partial charge in [-0.2, -0.15) is 0 Å². The second kappa shape index (κ2) is 6.70. The van der Waals surface area contributed by atoms with Crippen LogP contribution in [-0.2, 0) is 0 Å². The number of likely N-dealkylation sites (tertiary alicyclic amines) is 1. The molecule has 1 aliphatic rings. The predicted molar refractivity (Wildman–Crippen MR) is 82.3 cm³/mol. The summed E-state index contributed by atoms with van der Waals surface area (Å²) in [4.78, 5) is 14.5. The molecule has 1 amide bonds. The van der Waals surface area contributed by atoms with Crippen molar-refractivity contribution in [2.24, 2.45) is 0 Å². The predicted octanol–water partition coefficient (Wildman–Crippen LogP) is 1.95. The van der Waals surface area contributed by atoms with E-state index in [0.29, 0.717) is 18.5 Å². The minimum Gasteiger partial charge on any atom is -0.412 e. The smallest absolute Gasteiger partial charge is 0.308 e. The van der Waals surface area contributed by atoms with Crippen LogP contribution in [0.3, 0.4) is 0 Å². The molecule has 1 atom stereocenters. The maximum absolute atomic E-state index is 12.1. The number of hydrogen-bond donors (Lipinski definition) is 1. The Labute approximate surface area is 129 Å². The van der Waals surface area contributed by atoms with E-state index in [1.165, 1.54) is 6.42 Å². The molecule has 0 radical (unpaired) electrons. The van der Waals surface area contributed by atoms with Gasteiger partial charge >= 0.3 is 11.8 Å². The number of nitrogens with zero attached hydrogens (tertiary/aromatic N) is 3. The quantitative estimate of drug-likeness (QED) is 0.914. The highest BCUT2D eigenvalue weighted by Crippen LogP contribution is 2.18. The summed E-state index contributed by atoms with van der Waals surface area (Å²) in [6.45, 7) is 4.88. The fourth-order valence-corrected chi connectivity index (χ4v) is 2.84. The molecule has 1 aromatic heterocycles. The monoisotopic (exact) mass is 300 g/mol. The van der Waals surface area contributed by atoms with Crippen LogP contribution in [0.4, 0.5) is 0 Å². The van der Waals surface area contributed by atoms with E-state index in [4.69, 9.17) is 4.42 Å². The minimum atomic E-state index is -0.308. The molecule has 0 bridgehead atoms. The van der Waals surface area contributed by atoms with E-state index < -0.39 is 0 Å². The first-order valence-electron chi connectivity index (χ1n) is 7.69. The van der Waals surface area contributed by atoms with Gasteiger partial charge in [0.1, 0.15) is 0 Å².